The molecule has 0 atom stereocenters. The van der Waals surface area contributed by atoms with Gasteiger partial charge in [-0.3, -0.25) is 5.01 Å². The summed E-state index contributed by atoms with van der Waals surface area (Å²) in [6, 6.07) is 11.4. The van der Waals surface area contributed by atoms with Gasteiger partial charge in [0.25, 0.3) is 0 Å². The topological polar surface area (TPSA) is 50.0 Å². The molecule has 21 heavy (non-hydrogen) atoms. The van der Waals surface area contributed by atoms with Crippen LogP contribution in [0.3, 0.4) is 0 Å². The minimum Gasteiger partial charge on any atom is -0.497 e. The number of ether oxygens (including phenoxy) is 1. The second-order valence-corrected chi connectivity index (χ2v) is 4.39. The first-order valence-electron chi connectivity index (χ1n) is 6.51. The molecule has 0 saturated carbocycles. The highest BCUT2D eigenvalue weighted by Gasteiger charge is 2.03. The Bertz CT molecular complexity index is 608. The third-order valence-corrected chi connectivity index (χ3v) is 3.10. The van der Waals surface area contributed by atoms with Crippen molar-refractivity contribution in [3.8, 4) is 17.1 Å². The first-order valence-corrected chi connectivity index (χ1v) is 6.99. The van der Waals surface area contributed by atoms with Crippen molar-refractivity contribution < 1.29 is 9.15 Å². The molecule has 0 spiro atoms. The van der Waals surface area contributed by atoms with Crippen LogP contribution in [0.25, 0.3) is 11.3 Å². The summed E-state index contributed by atoms with van der Waals surface area (Å²) >= 11 is 4.82. The van der Waals surface area contributed by atoms with Crippen molar-refractivity contribution >= 4 is 23.9 Å². The van der Waals surface area contributed by atoms with E-state index in [1.54, 1.807) is 18.3 Å². The molecular weight excluding hydrogens is 286 g/mol. The first kappa shape index (κ1) is 15.1. The van der Waals surface area contributed by atoms with Crippen molar-refractivity contribution in [3.05, 3.63) is 42.2 Å². The highest BCUT2D eigenvalue weighted by Crippen LogP contribution is 2.23. The maximum atomic E-state index is 5.71. The highest BCUT2D eigenvalue weighted by molar-refractivity contribution is 7.78. The van der Waals surface area contributed by atoms with E-state index in [4.69, 9.17) is 21.4 Å². The van der Waals surface area contributed by atoms with Crippen molar-refractivity contribution in [3.63, 3.8) is 0 Å². The molecule has 0 aliphatic carbocycles. The quantitative estimate of drug-likeness (QED) is 0.484. The maximum Gasteiger partial charge on any atom is 0.147 e. The molecule has 110 valence electrons. The van der Waals surface area contributed by atoms with Gasteiger partial charge in [-0.1, -0.05) is 12.2 Å². The van der Waals surface area contributed by atoms with Crippen molar-refractivity contribution in [2.45, 2.75) is 6.92 Å². The van der Waals surface area contributed by atoms with Crippen LogP contribution in [0.1, 0.15) is 12.7 Å². The Morgan fingerprint density at radius 3 is 2.67 bits per heavy atom. The summed E-state index contributed by atoms with van der Waals surface area (Å²) in [7, 11) is 1.64. The van der Waals surface area contributed by atoms with Crippen LogP contribution in [-0.2, 0) is 0 Å². The molecule has 0 unspecified atom stereocenters. The van der Waals surface area contributed by atoms with E-state index in [0.717, 1.165) is 23.6 Å². The Hall–Kier alpha value is -2.34. The summed E-state index contributed by atoms with van der Waals surface area (Å²) in [4.78, 5) is 0. The molecule has 1 N–H and O–H groups in total. The number of hydrogen-bond acceptors (Lipinski definition) is 5. The number of hydrogen-bond donors (Lipinski definition) is 1. The van der Waals surface area contributed by atoms with Gasteiger partial charge in [-0.05, 0) is 43.3 Å². The van der Waals surface area contributed by atoms with Gasteiger partial charge in [-0.2, -0.15) is 5.10 Å². The molecule has 0 aliphatic rings. The SMILES string of the molecule is CCN(C=S)N/N=C/c1ccc(-c2ccc(OC)cc2)o1. The molecular formula is C15H17N3O2S. The van der Waals surface area contributed by atoms with Crippen molar-refractivity contribution in [1.82, 2.24) is 10.5 Å². The summed E-state index contributed by atoms with van der Waals surface area (Å²) in [5.41, 5.74) is 5.28. The largest absolute Gasteiger partial charge is 0.497 e. The standard InChI is InChI=1S/C15H17N3O2S/c1-3-18(11-21)17-16-10-14-8-9-15(20-14)12-4-6-13(19-2)7-5-12/h4-11,17H,3H2,1-2H3/b16-10+. The first-order chi connectivity index (χ1) is 10.3. The number of furan rings is 1. The van der Waals surface area contributed by atoms with Gasteiger partial charge in [0.2, 0.25) is 0 Å². The number of hydrazone groups is 1. The Morgan fingerprint density at radius 1 is 1.29 bits per heavy atom. The summed E-state index contributed by atoms with van der Waals surface area (Å²) in [5.74, 6) is 2.26. The molecule has 5 nitrogen and oxygen atoms in total. The van der Waals surface area contributed by atoms with Gasteiger partial charge in [0.1, 0.15) is 17.3 Å². The molecule has 2 aromatic rings. The third-order valence-electron chi connectivity index (χ3n) is 2.85. The van der Waals surface area contributed by atoms with E-state index in [2.05, 4.69) is 10.6 Å². The number of thiocarbonyl (C=S) groups is 1. The van der Waals surface area contributed by atoms with E-state index in [-0.39, 0.29) is 0 Å². The molecule has 0 amide bonds. The molecule has 1 aromatic carbocycles. The Kier molecular flexibility index (Phi) is 5.34. The van der Waals surface area contributed by atoms with Gasteiger partial charge in [-0.15, -0.1) is 0 Å². The van der Waals surface area contributed by atoms with Crippen LogP contribution < -0.4 is 10.3 Å². The summed E-state index contributed by atoms with van der Waals surface area (Å²) in [6.07, 6.45) is 1.61. The lowest BCUT2D eigenvalue weighted by Gasteiger charge is -2.13. The zero-order valence-electron chi connectivity index (χ0n) is 11.9. The fraction of sp³-hybridized carbons (Fsp3) is 0.200. The summed E-state index contributed by atoms with van der Waals surface area (Å²) in [6.45, 7) is 2.70. The Labute approximate surface area is 129 Å². The lowest BCUT2D eigenvalue weighted by molar-refractivity contribution is 0.347. The van der Waals surface area contributed by atoms with Crippen LogP contribution in [0, 0.1) is 0 Å². The molecule has 1 aromatic heterocycles. The monoisotopic (exact) mass is 303 g/mol. The lowest BCUT2D eigenvalue weighted by Crippen LogP contribution is -2.31. The van der Waals surface area contributed by atoms with Crippen molar-refractivity contribution in [1.29, 1.82) is 0 Å². The Balaban J connectivity index is 2.03. The van der Waals surface area contributed by atoms with Crippen LogP contribution in [0.15, 0.2) is 45.9 Å². The number of benzene rings is 1. The second kappa shape index (κ2) is 7.44. The number of hydrazine groups is 1. The highest BCUT2D eigenvalue weighted by atomic mass is 32.1. The molecule has 6 heteroatoms. The predicted molar refractivity (Wildman–Crippen MR) is 87.5 cm³/mol. The Morgan fingerprint density at radius 2 is 2.05 bits per heavy atom. The minimum atomic E-state index is 0.661. The van der Waals surface area contributed by atoms with E-state index in [9.17, 15) is 0 Å². The number of nitrogens with zero attached hydrogens (tertiary/aromatic N) is 2. The summed E-state index contributed by atoms with van der Waals surface area (Å²) < 4.78 is 10.8. The van der Waals surface area contributed by atoms with E-state index in [0.29, 0.717) is 5.76 Å². The molecule has 0 fully saturated rings. The van der Waals surface area contributed by atoms with Gasteiger partial charge in [0.05, 0.1) is 18.8 Å². The third kappa shape index (κ3) is 4.06. The van der Waals surface area contributed by atoms with E-state index in [1.807, 2.05) is 43.3 Å². The van der Waals surface area contributed by atoms with Crippen LogP contribution in [-0.4, -0.2) is 30.4 Å². The lowest BCUT2D eigenvalue weighted by atomic mass is 10.2. The normalized spacial score (nSPS) is 10.6. The molecule has 0 aliphatic heterocycles. The molecule has 0 radical (unpaired) electrons. The van der Waals surface area contributed by atoms with Gasteiger partial charge in [0.15, 0.2) is 0 Å². The van der Waals surface area contributed by atoms with E-state index < -0.39 is 0 Å². The average Bonchev–Trinajstić information content (AvgIpc) is 3.00. The van der Waals surface area contributed by atoms with E-state index >= 15 is 0 Å². The van der Waals surface area contributed by atoms with Crippen molar-refractivity contribution in [2.75, 3.05) is 13.7 Å². The maximum absolute atomic E-state index is 5.71. The van der Waals surface area contributed by atoms with E-state index in [1.165, 1.54) is 5.49 Å². The number of methoxy groups -OCH3 is 1. The number of rotatable bonds is 7. The van der Waals surface area contributed by atoms with Crippen LogP contribution in [0.4, 0.5) is 0 Å². The van der Waals surface area contributed by atoms with Gasteiger partial charge >= 0.3 is 0 Å². The average molecular weight is 303 g/mol. The van der Waals surface area contributed by atoms with Crippen LogP contribution in [0.5, 0.6) is 5.75 Å². The zero-order valence-corrected chi connectivity index (χ0v) is 12.8. The van der Waals surface area contributed by atoms with Crippen LogP contribution in [0.2, 0.25) is 0 Å². The van der Waals surface area contributed by atoms with Crippen LogP contribution >= 0.6 is 12.2 Å². The van der Waals surface area contributed by atoms with Gasteiger partial charge < -0.3 is 9.15 Å². The molecule has 0 saturated heterocycles. The molecule has 0 bridgehead atoms. The van der Waals surface area contributed by atoms with Gasteiger partial charge in [0, 0.05) is 12.1 Å². The number of nitrogens with one attached hydrogen (secondary N) is 1. The fourth-order valence-electron chi connectivity index (χ4n) is 1.67. The van der Waals surface area contributed by atoms with Crippen molar-refractivity contribution in [2.24, 2.45) is 5.10 Å². The predicted octanol–water partition coefficient (Wildman–Crippen LogP) is 3.07. The minimum absolute atomic E-state index is 0.661. The molecule has 1 heterocycles. The summed E-state index contributed by atoms with van der Waals surface area (Å²) in [5, 5.41) is 5.74. The van der Waals surface area contributed by atoms with Gasteiger partial charge in [-0.25, -0.2) is 5.53 Å². The smallest absolute Gasteiger partial charge is 0.147 e. The zero-order chi connectivity index (χ0) is 15.1. The second-order valence-electron chi connectivity index (χ2n) is 4.18. The fourth-order valence-corrected chi connectivity index (χ4v) is 1.86. The molecule has 2 rings (SSSR count).